The van der Waals surface area contributed by atoms with Crippen molar-refractivity contribution in [2.45, 2.75) is 6.92 Å². The lowest BCUT2D eigenvalue weighted by Crippen LogP contribution is -2.22. The second-order valence-electron chi connectivity index (χ2n) is 4.59. The first-order valence-corrected chi connectivity index (χ1v) is 5.83. The van der Waals surface area contributed by atoms with E-state index < -0.39 is 0 Å². The molecule has 0 saturated carbocycles. The Morgan fingerprint density at radius 1 is 1.00 bits per heavy atom. The largest absolute Gasteiger partial charge is 0.505 e. The molecule has 2 aromatic carbocycles. The third-order valence-electron chi connectivity index (χ3n) is 3.40. The number of aromatic hydroxyl groups is 1. The third kappa shape index (κ3) is 1.40. The molecule has 0 aliphatic heterocycles. The minimum absolute atomic E-state index is 0.0150. The van der Waals surface area contributed by atoms with E-state index in [2.05, 4.69) is 0 Å². The number of benzene rings is 2. The molecular weight excluding hydrogens is 242 g/mol. The molecule has 3 N–H and O–H groups in total. The zero-order valence-corrected chi connectivity index (χ0v) is 10.2. The van der Waals surface area contributed by atoms with Crippen molar-refractivity contribution in [2.24, 2.45) is 0 Å². The molecule has 2 aromatic rings. The molecule has 3 rings (SSSR count). The molecule has 1 aliphatic rings. The lowest BCUT2D eigenvalue weighted by Gasteiger charge is -2.20. The Labute approximate surface area is 109 Å². The van der Waals surface area contributed by atoms with Gasteiger partial charge in [-0.15, -0.1) is 0 Å². The van der Waals surface area contributed by atoms with Crippen LogP contribution in [0.15, 0.2) is 30.3 Å². The lowest BCUT2D eigenvalue weighted by molar-refractivity contribution is 0.0976. The van der Waals surface area contributed by atoms with Gasteiger partial charge in [-0.05, 0) is 18.6 Å². The number of phenols is 1. The number of fused-ring (bicyclic) bond motifs is 2. The van der Waals surface area contributed by atoms with E-state index in [0.29, 0.717) is 16.7 Å². The lowest BCUT2D eigenvalue weighted by atomic mass is 9.81. The van der Waals surface area contributed by atoms with Gasteiger partial charge in [0, 0.05) is 16.7 Å². The van der Waals surface area contributed by atoms with Gasteiger partial charge in [-0.25, -0.2) is 0 Å². The van der Waals surface area contributed by atoms with Crippen LogP contribution in [0.2, 0.25) is 0 Å². The van der Waals surface area contributed by atoms with E-state index in [-0.39, 0.29) is 34.1 Å². The van der Waals surface area contributed by atoms with E-state index in [9.17, 15) is 14.7 Å². The van der Waals surface area contributed by atoms with Crippen LogP contribution in [0.3, 0.4) is 0 Å². The van der Waals surface area contributed by atoms with Gasteiger partial charge in [-0.2, -0.15) is 0 Å². The van der Waals surface area contributed by atoms with Gasteiger partial charge >= 0.3 is 0 Å². The second-order valence-corrected chi connectivity index (χ2v) is 4.59. The van der Waals surface area contributed by atoms with E-state index >= 15 is 0 Å². The predicted octanol–water partition coefficient (Wildman–Crippen LogP) is 2.06. The van der Waals surface area contributed by atoms with E-state index in [1.165, 1.54) is 6.07 Å². The highest BCUT2D eigenvalue weighted by Crippen LogP contribution is 2.37. The molecule has 0 spiro atoms. The Balaban J connectivity index is 2.43. The number of phenolic OH excluding ortho intramolecular Hbond substituents is 1. The van der Waals surface area contributed by atoms with Gasteiger partial charge in [-0.1, -0.05) is 24.3 Å². The Morgan fingerprint density at radius 3 is 2.11 bits per heavy atom. The minimum Gasteiger partial charge on any atom is -0.505 e. The zero-order valence-electron chi connectivity index (χ0n) is 10.2. The number of anilines is 1. The van der Waals surface area contributed by atoms with Crippen molar-refractivity contribution < 1.29 is 14.7 Å². The van der Waals surface area contributed by atoms with Gasteiger partial charge in [0.05, 0.1) is 11.3 Å². The summed E-state index contributed by atoms with van der Waals surface area (Å²) in [6.45, 7) is 1.70. The number of hydrogen-bond donors (Lipinski definition) is 2. The van der Waals surface area contributed by atoms with Gasteiger partial charge in [0.1, 0.15) is 5.75 Å². The topological polar surface area (TPSA) is 80.4 Å². The highest BCUT2D eigenvalue weighted by atomic mass is 16.3. The fraction of sp³-hybridized carbons (Fsp3) is 0.0667. The van der Waals surface area contributed by atoms with Crippen LogP contribution in [0.1, 0.15) is 37.4 Å². The van der Waals surface area contributed by atoms with Crippen molar-refractivity contribution in [3.8, 4) is 5.75 Å². The van der Waals surface area contributed by atoms with Gasteiger partial charge < -0.3 is 10.8 Å². The summed E-state index contributed by atoms with van der Waals surface area (Å²) < 4.78 is 0. The van der Waals surface area contributed by atoms with Crippen molar-refractivity contribution in [1.29, 1.82) is 0 Å². The summed E-state index contributed by atoms with van der Waals surface area (Å²) in [6, 6.07) is 8.10. The molecule has 4 heteroatoms. The Kier molecular flexibility index (Phi) is 2.22. The van der Waals surface area contributed by atoms with E-state index in [1.54, 1.807) is 31.2 Å². The first-order valence-electron chi connectivity index (χ1n) is 5.83. The van der Waals surface area contributed by atoms with Crippen LogP contribution >= 0.6 is 0 Å². The van der Waals surface area contributed by atoms with E-state index in [0.717, 1.165) is 0 Å². The first kappa shape index (κ1) is 11.5. The Bertz CT molecular complexity index is 747. The summed E-state index contributed by atoms with van der Waals surface area (Å²) in [5.41, 5.74) is 7.30. The summed E-state index contributed by atoms with van der Waals surface area (Å²) in [4.78, 5) is 24.8. The molecule has 1 aliphatic carbocycles. The number of hydrogen-bond acceptors (Lipinski definition) is 4. The predicted molar refractivity (Wildman–Crippen MR) is 70.6 cm³/mol. The van der Waals surface area contributed by atoms with Crippen LogP contribution in [-0.2, 0) is 0 Å². The van der Waals surface area contributed by atoms with Gasteiger partial charge in [0.25, 0.3) is 0 Å². The number of carbonyl (C=O) groups is 2. The third-order valence-corrected chi connectivity index (χ3v) is 3.40. The summed E-state index contributed by atoms with van der Waals surface area (Å²) in [5.74, 6) is -0.926. The standard InChI is InChI=1S/C15H11NO3/c1-7-6-10(16)15(19)12-11(7)13(17)8-4-2-3-5-9(8)14(12)18/h2-6,19H,16H2,1H3. The highest BCUT2D eigenvalue weighted by molar-refractivity contribution is 6.30. The normalized spacial score (nSPS) is 13.1. The molecule has 0 unspecified atom stereocenters. The average Bonchev–Trinajstić information content (AvgIpc) is 2.40. The van der Waals surface area contributed by atoms with Crippen LogP contribution in [0.25, 0.3) is 0 Å². The van der Waals surface area contributed by atoms with Crippen LogP contribution in [-0.4, -0.2) is 16.7 Å². The molecule has 94 valence electrons. The molecule has 0 amide bonds. The van der Waals surface area contributed by atoms with Crippen molar-refractivity contribution >= 4 is 17.3 Å². The quantitative estimate of drug-likeness (QED) is 0.474. The number of nitrogen functional groups attached to an aromatic ring is 1. The maximum Gasteiger partial charge on any atom is 0.198 e. The number of nitrogens with two attached hydrogens (primary N) is 1. The molecule has 0 aromatic heterocycles. The first-order chi connectivity index (χ1) is 9.02. The smallest absolute Gasteiger partial charge is 0.198 e. The highest BCUT2D eigenvalue weighted by Gasteiger charge is 2.33. The fourth-order valence-electron chi connectivity index (χ4n) is 2.50. The van der Waals surface area contributed by atoms with Crippen LogP contribution < -0.4 is 5.73 Å². The van der Waals surface area contributed by atoms with Crippen molar-refractivity contribution in [2.75, 3.05) is 5.73 Å². The monoisotopic (exact) mass is 253 g/mol. The maximum absolute atomic E-state index is 12.4. The maximum atomic E-state index is 12.4. The molecule has 19 heavy (non-hydrogen) atoms. The van der Waals surface area contributed by atoms with Crippen molar-refractivity contribution in [1.82, 2.24) is 0 Å². The zero-order chi connectivity index (χ0) is 13.7. The molecule has 0 saturated heterocycles. The summed E-state index contributed by atoms with van der Waals surface area (Å²) >= 11 is 0. The number of rotatable bonds is 0. The SMILES string of the molecule is Cc1cc(N)c(O)c2c1C(=O)c1ccccc1C2=O. The van der Waals surface area contributed by atoms with Gasteiger partial charge in [-0.3, -0.25) is 9.59 Å². The van der Waals surface area contributed by atoms with Crippen LogP contribution in [0.4, 0.5) is 5.69 Å². The van der Waals surface area contributed by atoms with Gasteiger partial charge in [0.15, 0.2) is 11.6 Å². The molecule has 0 atom stereocenters. The molecule has 0 radical (unpaired) electrons. The summed E-state index contributed by atoms with van der Waals surface area (Å²) in [6.07, 6.45) is 0. The summed E-state index contributed by atoms with van der Waals surface area (Å²) in [5, 5.41) is 9.98. The molecule has 4 nitrogen and oxygen atoms in total. The minimum atomic E-state index is -0.363. The molecular formula is C15H11NO3. The van der Waals surface area contributed by atoms with E-state index in [1.807, 2.05) is 0 Å². The van der Waals surface area contributed by atoms with E-state index in [4.69, 9.17) is 5.73 Å². The molecule has 0 bridgehead atoms. The second kappa shape index (κ2) is 3.68. The average molecular weight is 253 g/mol. The Morgan fingerprint density at radius 2 is 1.53 bits per heavy atom. The van der Waals surface area contributed by atoms with Crippen LogP contribution in [0, 0.1) is 6.92 Å². The molecule has 0 heterocycles. The van der Waals surface area contributed by atoms with Crippen LogP contribution in [0.5, 0.6) is 5.75 Å². The fourth-order valence-corrected chi connectivity index (χ4v) is 2.50. The number of carbonyl (C=O) groups excluding carboxylic acids is 2. The van der Waals surface area contributed by atoms with Crippen molar-refractivity contribution in [3.63, 3.8) is 0 Å². The molecule has 0 fully saturated rings. The van der Waals surface area contributed by atoms with Crippen molar-refractivity contribution in [3.05, 3.63) is 58.1 Å². The summed E-state index contributed by atoms with van der Waals surface area (Å²) in [7, 11) is 0. The number of aryl methyl sites for hydroxylation is 1. The Hall–Kier alpha value is -2.62. The van der Waals surface area contributed by atoms with Gasteiger partial charge in [0.2, 0.25) is 0 Å². The number of ketones is 2.